The Hall–Kier alpha value is -1.78. The van der Waals surface area contributed by atoms with E-state index in [2.05, 4.69) is 11.8 Å². The van der Waals surface area contributed by atoms with Gasteiger partial charge in [-0.3, -0.25) is 9.59 Å². The van der Waals surface area contributed by atoms with Crippen molar-refractivity contribution in [2.24, 2.45) is 0 Å². The minimum atomic E-state index is -0.450. The molecule has 0 unspecified atom stereocenters. The van der Waals surface area contributed by atoms with Crippen molar-refractivity contribution in [3.8, 4) is 5.75 Å². The Balaban J connectivity index is 1.98. The molecule has 0 spiro atoms. The zero-order valence-electron chi connectivity index (χ0n) is 15.9. The van der Waals surface area contributed by atoms with E-state index in [4.69, 9.17) is 23.2 Å². The van der Waals surface area contributed by atoms with E-state index in [1.54, 1.807) is 12.1 Å². The van der Waals surface area contributed by atoms with Gasteiger partial charge in [0.05, 0.1) is 10.0 Å². The van der Waals surface area contributed by atoms with Crippen LogP contribution >= 0.6 is 23.2 Å². The summed E-state index contributed by atoms with van der Waals surface area (Å²) in [5.41, 5.74) is 4.24. The van der Waals surface area contributed by atoms with E-state index in [-0.39, 0.29) is 27.4 Å². The number of carbonyl (C=O) groups excluding carboxylic acids is 2. The average Bonchev–Trinajstić information content (AvgIpc) is 2.67. The fourth-order valence-electron chi connectivity index (χ4n) is 4.80. The maximum absolute atomic E-state index is 13.0. The number of ketones is 2. The number of benzene rings is 1. The van der Waals surface area contributed by atoms with Crippen molar-refractivity contribution in [3.63, 3.8) is 0 Å². The monoisotopic (exact) mass is 419 g/mol. The number of halogens is 2. The molecule has 1 aromatic rings. The van der Waals surface area contributed by atoms with Gasteiger partial charge in [-0.05, 0) is 49.8 Å². The number of nitrogens with zero attached hydrogens (tertiary/aromatic N) is 1. The van der Waals surface area contributed by atoms with Gasteiger partial charge in [0.2, 0.25) is 0 Å². The van der Waals surface area contributed by atoms with Crippen molar-refractivity contribution in [1.29, 1.82) is 0 Å². The third kappa shape index (κ3) is 3.07. The molecular formula is C22H23Cl2NO3. The molecule has 1 heterocycles. The number of carbonyl (C=O) groups is 2. The summed E-state index contributed by atoms with van der Waals surface area (Å²) in [5.74, 6) is -0.437. The normalized spacial score (nSPS) is 20.6. The minimum absolute atomic E-state index is 0.0950. The predicted molar refractivity (Wildman–Crippen MR) is 110 cm³/mol. The van der Waals surface area contributed by atoms with Crippen LogP contribution in [0.5, 0.6) is 5.75 Å². The molecule has 4 rings (SSSR count). The van der Waals surface area contributed by atoms with Crippen molar-refractivity contribution in [1.82, 2.24) is 4.90 Å². The first-order valence-electron chi connectivity index (χ1n) is 9.92. The summed E-state index contributed by atoms with van der Waals surface area (Å²) in [6.07, 6.45) is 5.26. The molecule has 3 aliphatic rings. The quantitative estimate of drug-likeness (QED) is 0.700. The molecular weight excluding hydrogens is 397 g/mol. The third-order valence-corrected chi connectivity index (χ3v) is 6.48. The first kappa shape index (κ1) is 19.5. The van der Waals surface area contributed by atoms with Crippen LogP contribution < -0.4 is 0 Å². The molecule has 6 heteroatoms. The molecule has 28 heavy (non-hydrogen) atoms. The van der Waals surface area contributed by atoms with Crippen molar-refractivity contribution < 1.29 is 14.7 Å². The van der Waals surface area contributed by atoms with E-state index in [0.717, 1.165) is 50.0 Å². The topological polar surface area (TPSA) is 57.6 Å². The fraction of sp³-hybridized carbons (Fsp3) is 0.455. The Kier molecular flexibility index (Phi) is 5.28. The SMILES string of the molecule is CCCN1C2=C(C(=O)CCC2)C(c2cc(Cl)c(O)c(Cl)c2)C2=C1CCCC2=O. The highest BCUT2D eigenvalue weighted by molar-refractivity contribution is 6.37. The molecule has 0 radical (unpaired) electrons. The zero-order valence-corrected chi connectivity index (χ0v) is 17.4. The Bertz CT molecular complexity index is 865. The summed E-state index contributed by atoms with van der Waals surface area (Å²) < 4.78 is 0. The second kappa shape index (κ2) is 7.57. The van der Waals surface area contributed by atoms with Crippen LogP contribution in [-0.4, -0.2) is 28.1 Å². The first-order chi connectivity index (χ1) is 13.4. The average molecular weight is 420 g/mol. The molecule has 1 N–H and O–H groups in total. The van der Waals surface area contributed by atoms with Gasteiger partial charge in [-0.15, -0.1) is 0 Å². The Morgan fingerprint density at radius 1 is 0.964 bits per heavy atom. The van der Waals surface area contributed by atoms with E-state index >= 15 is 0 Å². The number of phenolic OH excluding ortho intramolecular Hbond substituents is 1. The molecule has 0 aromatic heterocycles. The highest BCUT2D eigenvalue weighted by Gasteiger charge is 2.43. The Labute approximate surface area is 174 Å². The number of hydrogen-bond acceptors (Lipinski definition) is 4. The predicted octanol–water partition coefficient (Wildman–Crippen LogP) is 5.52. The van der Waals surface area contributed by atoms with Crippen LogP contribution in [-0.2, 0) is 9.59 Å². The summed E-state index contributed by atoms with van der Waals surface area (Å²) in [6, 6.07) is 3.28. The fourth-order valence-corrected chi connectivity index (χ4v) is 5.30. The highest BCUT2D eigenvalue weighted by Crippen LogP contribution is 2.50. The van der Waals surface area contributed by atoms with Crippen molar-refractivity contribution >= 4 is 34.8 Å². The molecule has 0 amide bonds. The summed E-state index contributed by atoms with van der Waals surface area (Å²) in [7, 11) is 0. The Morgan fingerprint density at radius 3 is 1.93 bits per heavy atom. The molecule has 1 aliphatic heterocycles. The largest absolute Gasteiger partial charge is 0.505 e. The van der Waals surface area contributed by atoms with E-state index in [1.807, 2.05) is 0 Å². The van der Waals surface area contributed by atoms with Gasteiger partial charge in [0, 0.05) is 47.8 Å². The molecule has 1 aromatic carbocycles. The van der Waals surface area contributed by atoms with Crippen LogP contribution in [0, 0.1) is 0 Å². The maximum atomic E-state index is 13.0. The summed E-state index contributed by atoms with van der Waals surface area (Å²) in [5, 5.41) is 10.2. The van der Waals surface area contributed by atoms with Gasteiger partial charge in [0.1, 0.15) is 0 Å². The molecule has 0 bridgehead atoms. The number of rotatable bonds is 3. The minimum Gasteiger partial charge on any atom is -0.505 e. The lowest BCUT2D eigenvalue weighted by Gasteiger charge is -2.44. The van der Waals surface area contributed by atoms with Crippen LogP contribution in [0.15, 0.2) is 34.7 Å². The van der Waals surface area contributed by atoms with Crippen molar-refractivity contribution in [2.45, 2.75) is 57.8 Å². The van der Waals surface area contributed by atoms with Crippen LogP contribution in [0.25, 0.3) is 0 Å². The number of Topliss-reactive ketones (excluding diaryl/α,β-unsaturated/α-hetero) is 2. The van der Waals surface area contributed by atoms with Crippen molar-refractivity contribution in [3.05, 3.63) is 50.3 Å². The number of phenols is 1. The van der Waals surface area contributed by atoms with E-state index in [1.165, 1.54) is 0 Å². The second-order valence-electron chi connectivity index (χ2n) is 7.69. The molecule has 0 saturated heterocycles. The first-order valence-corrected chi connectivity index (χ1v) is 10.7. The lowest BCUT2D eigenvalue weighted by atomic mass is 9.71. The molecule has 0 saturated carbocycles. The van der Waals surface area contributed by atoms with Crippen LogP contribution in [0.4, 0.5) is 0 Å². The summed E-state index contributed by atoms with van der Waals surface area (Å²) >= 11 is 12.4. The Morgan fingerprint density at radius 2 is 1.46 bits per heavy atom. The van der Waals surface area contributed by atoms with Gasteiger partial charge < -0.3 is 10.0 Å². The number of allylic oxidation sites excluding steroid dienone is 4. The van der Waals surface area contributed by atoms with Gasteiger partial charge in [-0.1, -0.05) is 30.1 Å². The van der Waals surface area contributed by atoms with Crippen LogP contribution in [0.2, 0.25) is 10.0 Å². The van der Waals surface area contributed by atoms with Gasteiger partial charge in [-0.25, -0.2) is 0 Å². The molecule has 0 atom stereocenters. The van der Waals surface area contributed by atoms with E-state index in [9.17, 15) is 14.7 Å². The molecule has 0 fully saturated rings. The third-order valence-electron chi connectivity index (χ3n) is 5.91. The number of hydrogen-bond donors (Lipinski definition) is 1. The highest BCUT2D eigenvalue weighted by atomic mass is 35.5. The summed E-state index contributed by atoms with van der Waals surface area (Å²) in [6.45, 7) is 2.92. The maximum Gasteiger partial charge on any atom is 0.161 e. The van der Waals surface area contributed by atoms with Crippen molar-refractivity contribution in [2.75, 3.05) is 6.54 Å². The zero-order chi connectivity index (χ0) is 20.0. The molecule has 4 nitrogen and oxygen atoms in total. The van der Waals surface area contributed by atoms with E-state index in [0.29, 0.717) is 29.6 Å². The number of aromatic hydroxyl groups is 1. The van der Waals surface area contributed by atoms with E-state index < -0.39 is 5.92 Å². The van der Waals surface area contributed by atoms with Crippen LogP contribution in [0.3, 0.4) is 0 Å². The second-order valence-corrected chi connectivity index (χ2v) is 8.51. The van der Waals surface area contributed by atoms with Gasteiger partial charge >= 0.3 is 0 Å². The lowest BCUT2D eigenvalue weighted by molar-refractivity contribution is -0.117. The lowest BCUT2D eigenvalue weighted by Crippen LogP contribution is -2.39. The smallest absolute Gasteiger partial charge is 0.161 e. The van der Waals surface area contributed by atoms with Gasteiger partial charge in [0.15, 0.2) is 17.3 Å². The summed E-state index contributed by atoms with van der Waals surface area (Å²) in [4.78, 5) is 28.3. The standard InChI is InChI=1S/C22H23Cl2NO3/c1-2-9-25-15-5-3-7-17(26)20(15)19(21-16(25)6-4-8-18(21)27)12-10-13(23)22(28)14(24)11-12/h10-11,19,28H,2-9H2,1H3. The molecule has 148 valence electrons. The van der Waals surface area contributed by atoms with Gasteiger partial charge in [0.25, 0.3) is 0 Å². The van der Waals surface area contributed by atoms with Crippen LogP contribution in [0.1, 0.15) is 63.4 Å². The molecule has 2 aliphatic carbocycles. The van der Waals surface area contributed by atoms with Gasteiger partial charge in [-0.2, -0.15) is 0 Å².